The molecule has 4 heteroatoms. The molecule has 4 nitrogen and oxygen atoms in total. The molecule has 1 saturated heterocycles. The zero-order chi connectivity index (χ0) is 13.0. The Hall–Kier alpha value is -1.42. The van der Waals surface area contributed by atoms with Crippen molar-refractivity contribution in [2.45, 2.75) is 45.3 Å². The highest BCUT2D eigenvalue weighted by Gasteiger charge is 2.28. The Morgan fingerprint density at radius 2 is 2.44 bits per heavy atom. The van der Waals surface area contributed by atoms with Crippen LogP contribution in [0.3, 0.4) is 0 Å². The molecule has 1 aromatic heterocycles. The van der Waals surface area contributed by atoms with Crippen molar-refractivity contribution in [1.82, 2.24) is 15.2 Å². The second-order valence-corrected chi connectivity index (χ2v) is 5.07. The van der Waals surface area contributed by atoms with Gasteiger partial charge in [0, 0.05) is 25.0 Å². The second-order valence-electron chi connectivity index (χ2n) is 5.07. The molecule has 0 bridgehead atoms. The summed E-state index contributed by atoms with van der Waals surface area (Å²) in [5, 5.41) is 3.27. The molecule has 1 N–H and O–H groups in total. The lowest BCUT2D eigenvalue weighted by molar-refractivity contribution is -0.135. The fourth-order valence-electron chi connectivity index (χ4n) is 2.30. The van der Waals surface area contributed by atoms with Crippen molar-refractivity contribution >= 4 is 5.91 Å². The molecule has 1 unspecified atom stereocenters. The highest BCUT2D eigenvalue weighted by atomic mass is 16.2. The third-order valence-corrected chi connectivity index (χ3v) is 3.34. The topological polar surface area (TPSA) is 45.2 Å². The lowest BCUT2D eigenvalue weighted by atomic mass is 10.1. The summed E-state index contributed by atoms with van der Waals surface area (Å²) in [5.74, 6) is 0.214. The molecule has 1 aliphatic rings. The number of rotatable bonds is 4. The average Bonchev–Trinajstić information content (AvgIpc) is 2.90. The van der Waals surface area contributed by atoms with Gasteiger partial charge in [-0.1, -0.05) is 6.07 Å². The van der Waals surface area contributed by atoms with Crippen molar-refractivity contribution in [1.29, 1.82) is 0 Å². The summed E-state index contributed by atoms with van der Waals surface area (Å²) in [5.41, 5.74) is 1.08. The van der Waals surface area contributed by atoms with E-state index in [0.717, 1.165) is 24.9 Å². The predicted molar refractivity (Wildman–Crippen MR) is 70.9 cm³/mol. The first-order valence-corrected chi connectivity index (χ1v) is 6.61. The molecule has 98 valence electrons. The first-order chi connectivity index (χ1) is 8.68. The molecule has 18 heavy (non-hydrogen) atoms. The van der Waals surface area contributed by atoms with Crippen LogP contribution in [0.4, 0.5) is 0 Å². The number of aromatic nitrogens is 1. The summed E-state index contributed by atoms with van der Waals surface area (Å²) < 4.78 is 0. The molecule has 1 amide bonds. The van der Waals surface area contributed by atoms with Gasteiger partial charge in [0.2, 0.25) is 5.91 Å². The monoisotopic (exact) mass is 247 g/mol. The Morgan fingerprint density at radius 1 is 1.61 bits per heavy atom. The van der Waals surface area contributed by atoms with Crippen molar-refractivity contribution in [3.63, 3.8) is 0 Å². The molecule has 0 saturated carbocycles. The van der Waals surface area contributed by atoms with E-state index in [1.54, 1.807) is 6.20 Å². The van der Waals surface area contributed by atoms with E-state index in [-0.39, 0.29) is 18.0 Å². The van der Waals surface area contributed by atoms with E-state index < -0.39 is 0 Å². The minimum Gasteiger partial charge on any atom is -0.335 e. The molecular formula is C14H21N3O. The van der Waals surface area contributed by atoms with Crippen LogP contribution in [0.25, 0.3) is 0 Å². The molecule has 0 aliphatic carbocycles. The molecule has 0 spiro atoms. The van der Waals surface area contributed by atoms with Gasteiger partial charge < -0.3 is 10.2 Å². The number of hydrogen-bond acceptors (Lipinski definition) is 3. The highest BCUT2D eigenvalue weighted by molar-refractivity contribution is 5.82. The van der Waals surface area contributed by atoms with Crippen LogP contribution in [0.15, 0.2) is 24.5 Å². The molecule has 1 atom stereocenters. The van der Waals surface area contributed by atoms with E-state index in [4.69, 9.17) is 0 Å². The number of amides is 1. The van der Waals surface area contributed by atoms with Crippen molar-refractivity contribution in [3.05, 3.63) is 30.1 Å². The summed E-state index contributed by atoms with van der Waals surface area (Å²) >= 11 is 0. The SMILES string of the molecule is CC(C)N(Cc1cccnc1)C(=O)C1CCCN1. The van der Waals surface area contributed by atoms with Crippen LogP contribution < -0.4 is 5.32 Å². The summed E-state index contributed by atoms with van der Waals surface area (Å²) in [4.78, 5) is 18.5. The third-order valence-electron chi connectivity index (χ3n) is 3.34. The van der Waals surface area contributed by atoms with Gasteiger partial charge >= 0.3 is 0 Å². The molecule has 1 fully saturated rings. The molecule has 2 rings (SSSR count). The lowest BCUT2D eigenvalue weighted by Crippen LogP contribution is -2.46. The van der Waals surface area contributed by atoms with Crippen molar-refractivity contribution in [2.24, 2.45) is 0 Å². The van der Waals surface area contributed by atoms with E-state index in [2.05, 4.69) is 24.1 Å². The van der Waals surface area contributed by atoms with Crippen LogP contribution in [0, 0.1) is 0 Å². The number of pyridine rings is 1. The Labute approximate surface area is 108 Å². The quantitative estimate of drug-likeness (QED) is 0.878. The maximum atomic E-state index is 12.4. The molecule has 2 heterocycles. The zero-order valence-electron chi connectivity index (χ0n) is 11.1. The Morgan fingerprint density at radius 3 is 3.00 bits per heavy atom. The fraction of sp³-hybridized carbons (Fsp3) is 0.571. The largest absolute Gasteiger partial charge is 0.335 e. The predicted octanol–water partition coefficient (Wildman–Crippen LogP) is 1.57. The molecule has 0 radical (unpaired) electrons. The Kier molecular flexibility index (Phi) is 4.31. The van der Waals surface area contributed by atoms with E-state index in [1.165, 1.54) is 0 Å². The zero-order valence-corrected chi connectivity index (χ0v) is 11.1. The van der Waals surface area contributed by atoms with Gasteiger partial charge in [0.1, 0.15) is 0 Å². The second kappa shape index (κ2) is 5.96. The van der Waals surface area contributed by atoms with Gasteiger partial charge in [-0.15, -0.1) is 0 Å². The minimum absolute atomic E-state index is 0.00377. The summed E-state index contributed by atoms with van der Waals surface area (Å²) in [6, 6.07) is 4.13. The highest BCUT2D eigenvalue weighted by Crippen LogP contribution is 2.14. The first kappa shape index (κ1) is 13.0. The van der Waals surface area contributed by atoms with Gasteiger partial charge in [0.15, 0.2) is 0 Å². The maximum absolute atomic E-state index is 12.4. The van der Waals surface area contributed by atoms with Gasteiger partial charge in [-0.2, -0.15) is 0 Å². The smallest absolute Gasteiger partial charge is 0.240 e. The van der Waals surface area contributed by atoms with Gasteiger partial charge in [-0.05, 0) is 44.9 Å². The van der Waals surface area contributed by atoms with Gasteiger partial charge in [0.05, 0.1) is 6.04 Å². The molecule has 0 aromatic carbocycles. The number of nitrogens with zero attached hydrogens (tertiary/aromatic N) is 2. The Balaban J connectivity index is 2.06. The third kappa shape index (κ3) is 3.07. The summed E-state index contributed by atoms with van der Waals surface area (Å²) in [6.07, 6.45) is 5.62. The van der Waals surface area contributed by atoms with Gasteiger partial charge in [-0.3, -0.25) is 9.78 Å². The van der Waals surface area contributed by atoms with Crippen LogP contribution in [-0.2, 0) is 11.3 Å². The number of carbonyl (C=O) groups is 1. The molecule has 1 aliphatic heterocycles. The number of nitrogens with one attached hydrogen (secondary N) is 1. The van der Waals surface area contributed by atoms with Crippen LogP contribution in [0.5, 0.6) is 0 Å². The van der Waals surface area contributed by atoms with Crippen LogP contribution in [-0.4, -0.2) is 34.4 Å². The first-order valence-electron chi connectivity index (χ1n) is 6.61. The number of carbonyl (C=O) groups excluding carboxylic acids is 1. The van der Waals surface area contributed by atoms with Crippen molar-refractivity contribution < 1.29 is 4.79 Å². The lowest BCUT2D eigenvalue weighted by Gasteiger charge is -2.29. The average molecular weight is 247 g/mol. The van der Waals surface area contributed by atoms with Gasteiger partial charge in [-0.25, -0.2) is 0 Å². The van der Waals surface area contributed by atoms with Crippen LogP contribution >= 0.6 is 0 Å². The fourth-order valence-corrected chi connectivity index (χ4v) is 2.30. The standard InChI is InChI=1S/C14H21N3O/c1-11(2)17(10-12-5-3-7-15-9-12)14(18)13-6-4-8-16-13/h3,5,7,9,11,13,16H,4,6,8,10H2,1-2H3. The van der Waals surface area contributed by atoms with Crippen LogP contribution in [0.1, 0.15) is 32.3 Å². The Bertz CT molecular complexity index is 385. The molecular weight excluding hydrogens is 226 g/mol. The van der Waals surface area contributed by atoms with E-state index in [1.807, 2.05) is 23.2 Å². The van der Waals surface area contributed by atoms with Gasteiger partial charge in [0.25, 0.3) is 0 Å². The summed E-state index contributed by atoms with van der Waals surface area (Å²) in [7, 11) is 0. The maximum Gasteiger partial charge on any atom is 0.240 e. The minimum atomic E-state index is 0.00377. The summed E-state index contributed by atoms with van der Waals surface area (Å²) in [6.45, 7) is 5.71. The van der Waals surface area contributed by atoms with Crippen LogP contribution in [0.2, 0.25) is 0 Å². The number of hydrogen-bond donors (Lipinski definition) is 1. The van der Waals surface area contributed by atoms with E-state index in [0.29, 0.717) is 6.54 Å². The van der Waals surface area contributed by atoms with Crippen molar-refractivity contribution in [3.8, 4) is 0 Å². The van der Waals surface area contributed by atoms with E-state index >= 15 is 0 Å². The van der Waals surface area contributed by atoms with E-state index in [9.17, 15) is 4.79 Å². The van der Waals surface area contributed by atoms with Crippen molar-refractivity contribution in [2.75, 3.05) is 6.54 Å². The molecule has 1 aromatic rings. The normalized spacial score (nSPS) is 19.2.